The van der Waals surface area contributed by atoms with Gasteiger partial charge in [0, 0.05) is 18.3 Å². The Morgan fingerprint density at radius 1 is 1.44 bits per heavy atom. The van der Waals surface area contributed by atoms with Gasteiger partial charge < -0.3 is 10.5 Å². The topological polar surface area (TPSA) is 81.8 Å². The molecule has 0 aromatic carbocycles. The van der Waals surface area contributed by atoms with Gasteiger partial charge in [0.2, 0.25) is 0 Å². The second-order valence-corrected chi connectivity index (χ2v) is 3.82. The SMILES string of the molecule is Nc1c(-c2cn[nH]c2)nc2n1CCCCO2. The summed E-state index contributed by atoms with van der Waals surface area (Å²) in [6.45, 7) is 1.58. The number of rotatable bonds is 1. The maximum Gasteiger partial charge on any atom is 0.298 e. The molecule has 6 nitrogen and oxygen atoms in total. The van der Waals surface area contributed by atoms with Crippen molar-refractivity contribution in [3.63, 3.8) is 0 Å². The van der Waals surface area contributed by atoms with Crippen LogP contribution in [0.25, 0.3) is 11.3 Å². The predicted octanol–water partition coefficient (Wildman–Crippen LogP) is 1.03. The Balaban J connectivity index is 2.08. The molecular weight excluding hydrogens is 206 g/mol. The molecule has 0 atom stereocenters. The first-order chi connectivity index (χ1) is 7.86. The maximum absolute atomic E-state index is 6.06. The van der Waals surface area contributed by atoms with Gasteiger partial charge in [-0.3, -0.25) is 9.67 Å². The summed E-state index contributed by atoms with van der Waals surface area (Å²) in [5.74, 6) is 0.651. The Morgan fingerprint density at radius 3 is 3.19 bits per heavy atom. The van der Waals surface area contributed by atoms with E-state index in [1.165, 1.54) is 0 Å². The molecule has 0 aliphatic carbocycles. The Kier molecular flexibility index (Phi) is 2.05. The number of ether oxygens (including phenoxy) is 1. The molecule has 2 aromatic heterocycles. The van der Waals surface area contributed by atoms with Crippen molar-refractivity contribution in [3.8, 4) is 17.3 Å². The molecule has 0 amide bonds. The number of nitrogens with one attached hydrogen (secondary N) is 1. The molecule has 84 valence electrons. The Bertz CT molecular complexity index is 488. The van der Waals surface area contributed by atoms with Crippen molar-refractivity contribution >= 4 is 5.82 Å². The van der Waals surface area contributed by atoms with E-state index in [1.54, 1.807) is 12.4 Å². The molecule has 1 aliphatic rings. The summed E-state index contributed by atoms with van der Waals surface area (Å²) in [7, 11) is 0. The number of imidazole rings is 1. The van der Waals surface area contributed by atoms with E-state index in [0.717, 1.165) is 30.6 Å². The van der Waals surface area contributed by atoms with Crippen LogP contribution in [0.2, 0.25) is 0 Å². The molecule has 1 aliphatic heterocycles. The highest BCUT2D eigenvalue weighted by molar-refractivity contribution is 5.70. The number of nitrogens with two attached hydrogens (primary N) is 1. The van der Waals surface area contributed by atoms with E-state index in [1.807, 2.05) is 4.57 Å². The molecule has 0 fully saturated rings. The molecule has 16 heavy (non-hydrogen) atoms. The van der Waals surface area contributed by atoms with Gasteiger partial charge in [-0.25, -0.2) is 0 Å². The van der Waals surface area contributed by atoms with E-state index in [-0.39, 0.29) is 0 Å². The number of nitrogens with zero attached hydrogens (tertiary/aromatic N) is 3. The van der Waals surface area contributed by atoms with Gasteiger partial charge >= 0.3 is 0 Å². The first kappa shape index (κ1) is 9.26. The first-order valence-corrected chi connectivity index (χ1v) is 5.34. The minimum absolute atomic E-state index is 0.617. The highest BCUT2D eigenvalue weighted by atomic mass is 16.5. The Morgan fingerprint density at radius 2 is 2.38 bits per heavy atom. The van der Waals surface area contributed by atoms with Gasteiger partial charge in [0.15, 0.2) is 0 Å². The maximum atomic E-state index is 6.06. The van der Waals surface area contributed by atoms with Crippen molar-refractivity contribution in [2.75, 3.05) is 12.3 Å². The first-order valence-electron chi connectivity index (χ1n) is 5.34. The summed E-state index contributed by atoms with van der Waals surface area (Å²) in [5, 5.41) is 6.65. The molecule has 0 spiro atoms. The lowest BCUT2D eigenvalue weighted by atomic mass is 10.2. The second kappa shape index (κ2) is 3.55. The summed E-state index contributed by atoms with van der Waals surface area (Å²) in [6.07, 6.45) is 5.60. The molecule has 0 bridgehead atoms. The van der Waals surface area contributed by atoms with Gasteiger partial charge in [0.25, 0.3) is 6.01 Å². The van der Waals surface area contributed by atoms with Crippen LogP contribution in [0.5, 0.6) is 6.01 Å². The van der Waals surface area contributed by atoms with Crippen LogP contribution in [-0.2, 0) is 6.54 Å². The van der Waals surface area contributed by atoms with E-state index >= 15 is 0 Å². The average molecular weight is 219 g/mol. The number of anilines is 1. The van der Waals surface area contributed by atoms with Crippen LogP contribution in [0, 0.1) is 0 Å². The van der Waals surface area contributed by atoms with E-state index in [9.17, 15) is 0 Å². The van der Waals surface area contributed by atoms with Crippen molar-refractivity contribution in [2.45, 2.75) is 19.4 Å². The molecule has 0 radical (unpaired) electrons. The summed E-state index contributed by atoms with van der Waals surface area (Å²) >= 11 is 0. The molecule has 2 aromatic rings. The molecule has 3 rings (SSSR count). The van der Waals surface area contributed by atoms with Gasteiger partial charge in [-0.05, 0) is 12.8 Å². The smallest absolute Gasteiger partial charge is 0.298 e. The third kappa shape index (κ3) is 1.34. The number of nitrogen functional groups attached to an aromatic ring is 1. The number of aromatic nitrogens is 4. The van der Waals surface area contributed by atoms with E-state index in [0.29, 0.717) is 18.4 Å². The zero-order valence-electron chi connectivity index (χ0n) is 8.81. The third-order valence-electron chi connectivity index (χ3n) is 2.75. The lowest BCUT2D eigenvalue weighted by molar-refractivity contribution is 0.295. The zero-order chi connectivity index (χ0) is 11.0. The number of aromatic amines is 1. The molecule has 3 N–H and O–H groups in total. The highest BCUT2D eigenvalue weighted by Gasteiger charge is 2.19. The third-order valence-corrected chi connectivity index (χ3v) is 2.75. The fourth-order valence-corrected chi connectivity index (χ4v) is 1.90. The summed E-state index contributed by atoms with van der Waals surface area (Å²) < 4.78 is 7.48. The molecule has 3 heterocycles. The average Bonchev–Trinajstić information content (AvgIpc) is 2.83. The van der Waals surface area contributed by atoms with Gasteiger partial charge in [0.1, 0.15) is 11.5 Å². The van der Waals surface area contributed by atoms with Crippen LogP contribution in [0.1, 0.15) is 12.8 Å². The normalized spacial score (nSPS) is 15.2. The number of hydrogen-bond donors (Lipinski definition) is 2. The monoisotopic (exact) mass is 219 g/mol. The molecule has 6 heteroatoms. The lowest BCUT2D eigenvalue weighted by Gasteiger charge is -2.03. The quantitative estimate of drug-likeness (QED) is 0.750. The summed E-state index contributed by atoms with van der Waals surface area (Å²) in [4.78, 5) is 4.41. The summed E-state index contributed by atoms with van der Waals surface area (Å²) in [5.41, 5.74) is 7.70. The number of fused-ring (bicyclic) bond motifs is 1. The predicted molar refractivity (Wildman–Crippen MR) is 59.0 cm³/mol. The highest BCUT2D eigenvalue weighted by Crippen LogP contribution is 2.30. The van der Waals surface area contributed by atoms with E-state index in [2.05, 4.69) is 15.2 Å². The fraction of sp³-hybridized carbons (Fsp3) is 0.400. The molecule has 0 saturated heterocycles. The van der Waals surface area contributed by atoms with Crippen molar-refractivity contribution in [2.24, 2.45) is 0 Å². The lowest BCUT2D eigenvalue weighted by Crippen LogP contribution is -2.02. The second-order valence-electron chi connectivity index (χ2n) is 3.82. The van der Waals surface area contributed by atoms with E-state index in [4.69, 9.17) is 10.5 Å². The van der Waals surface area contributed by atoms with Crippen molar-refractivity contribution in [1.29, 1.82) is 0 Å². The van der Waals surface area contributed by atoms with Gasteiger partial charge in [-0.1, -0.05) is 0 Å². The Labute approximate surface area is 92.4 Å². The van der Waals surface area contributed by atoms with E-state index < -0.39 is 0 Å². The Hall–Kier alpha value is -1.98. The molecular formula is C10H13N5O. The van der Waals surface area contributed by atoms with Crippen LogP contribution in [-0.4, -0.2) is 26.4 Å². The van der Waals surface area contributed by atoms with Gasteiger partial charge in [-0.15, -0.1) is 0 Å². The zero-order valence-corrected chi connectivity index (χ0v) is 8.81. The number of hydrogen-bond acceptors (Lipinski definition) is 4. The van der Waals surface area contributed by atoms with Crippen molar-refractivity contribution < 1.29 is 4.74 Å². The van der Waals surface area contributed by atoms with Gasteiger partial charge in [0.05, 0.1) is 12.8 Å². The van der Waals surface area contributed by atoms with Crippen LogP contribution in [0.4, 0.5) is 5.82 Å². The van der Waals surface area contributed by atoms with Crippen LogP contribution in [0.3, 0.4) is 0 Å². The fourth-order valence-electron chi connectivity index (χ4n) is 1.90. The van der Waals surface area contributed by atoms with Crippen molar-refractivity contribution in [1.82, 2.24) is 19.7 Å². The van der Waals surface area contributed by atoms with Gasteiger partial charge in [-0.2, -0.15) is 10.1 Å². The van der Waals surface area contributed by atoms with Crippen LogP contribution < -0.4 is 10.5 Å². The minimum atomic E-state index is 0.617. The number of H-pyrrole nitrogens is 1. The molecule has 0 unspecified atom stereocenters. The summed E-state index contributed by atoms with van der Waals surface area (Å²) in [6, 6.07) is 0.617. The largest absolute Gasteiger partial charge is 0.465 e. The van der Waals surface area contributed by atoms with Crippen LogP contribution >= 0.6 is 0 Å². The standard InChI is InChI=1S/C10H13N5O/c11-9-8(7-5-12-13-6-7)14-10-15(9)3-1-2-4-16-10/h5-6H,1-4,11H2,(H,12,13). The van der Waals surface area contributed by atoms with Crippen molar-refractivity contribution in [3.05, 3.63) is 12.4 Å². The minimum Gasteiger partial charge on any atom is -0.465 e. The molecule has 0 saturated carbocycles. The van der Waals surface area contributed by atoms with Crippen LogP contribution in [0.15, 0.2) is 12.4 Å².